The Hall–Kier alpha value is -2.06. The van der Waals surface area contributed by atoms with Gasteiger partial charge in [0.1, 0.15) is 0 Å². The van der Waals surface area contributed by atoms with E-state index in [9.17, 15) is 4.79 Å². The third-order valence-corrected chi connectivity index (χ3v) is 4.71. The van der Waals surface area contributed by atoms with Gasteiger partial charge in [0.2, 0.25) is 0 Å². The van der Waals surface area contributed by atoms with E-state index in [1.807, 2.05) is 47.4 Å². The Kier molecular flexibility index (Phi) is 2.69. The van der Waals surface area contributed by atoms with Crippen LogP contribution < -0.4 is 4.90 Å². The molecule has 0 unspecified atom stereocenters. The van der Waals surface area contributed by atoms with Gasteiger partial charge in [0.15, 0.2) is 0 Å². The zero-order chi connectivity index (χ0) is 14.6. The summed E-state index contributed by atoms with van der Waals surface area (Å²) in [7, 11) is 0. The molecule has 2 aliphatic heterocycles. The molecule has 2 heterocycles. The molecule has 21 heavy (non-hydrogen) atoms. The minimum absolute atomic E-state index is 0.0172. The first-order chi connectivity index (χ1) is 10.2. The highest BCUT2D eigenvalue weighted by Crippen LogP contribution is 2.47. The molecule has 1 amide bonds. The molecule has 2 atom stereocenters. The molecule has 3 heteroatoms. The second kappa shape index (κ2) is 4.47. The van der Waals surface area contributed by atoms with Gasteiger partial charge in [-0.15, -0.1) is 0 Å². The van der Waals surface area contributed by atoms with Gasteiger partial charge < -0.3 is 4.90 Å². The monoisotopic (exact) mass is 295 g/mol. The Morgan fingerprint density at radius 3 is 2.76 bits per heavy atom. The van der Waals surface area contributed by atoms with Gasteiger partial charge in [-0.25, -0.2) is 0 Å². The largest absolute Gasteiger partial charge is 0.304 e. The number of carbonyl (C=O) groups excluding carboxylic acids is 1. The van der Waals surface area contributed by atoms with Crippen molar-refractivity contribution in [3.8, 4) is 0 Å². The SMILES string of the molecule is C=C1C(=O)N2c3ccccc3C[C@@H]2[C@H]1c1cccc(Cl)c1. The maximum Gasteiger partial charge on any atom is 0.254 e. The van der Waals surface area contributed by atoms with E-state index in [2.05, 4.69) is 12.6 Å². The molecule has 0 N–H and O–H groups in total. The lowest BCUT2D eigenvalue weighted by Crippen LogP contribution is -2.31. The Labute approximate surface area is 128 Å². The minimum Gasteiger partial charge on any atom is -0.304 e. The van der Waals surface area contributed by atoms with Crippen molar-refractivity contribution in [2.45, 2.75) is 18.4 Å². The van der Waals surface area contributed by atoms with E-state index >= 15 is 0 Å². The summed E-state index contributed by atoms with van der Waals surface area (Å²) in [6.07, 6.45) is 0.873. The van der Waals surface area contributed by atoms with Crippen LogP contribution in [0.4, 0.5) is 5.69 Å². The molecule has 1 fully saturated rings. The van der Waals surface area contributed by atoms with E-state index < -0.39 is 0 Å². The highest BCUT2D eigenvalue weighted by Gasteiger charge is 2.48. The highest BCUT2D eigenvalue weighted by molar-refractivity contribution is 6.30. The zero-order valence-corrected chi connectivity index (χ0v) is 12.2. The molecule has 0 bridgehead atoms. The van der Waals surface area contributed by atoms with E-state index in [1.54, 1.807) is 0 Å². The molecule has 1 saturated heterocycles. The standard InChI is InChI=1S/C18H14ClNO/c1-11-17(13-6-4-7-14(19)9-13)16-10-12-5-2-3-8-15(12)20(16)18(11)21/h2-9,16-17H,1,10H2/t16-,17-/m1/s1. The normalized spacial score (nSPS) is 23.4. The third-order valence-electron chi connectivity index (χ3n) is 4.47. The van der Waals surface area contributed by atoms with Gasteiger partial charge in [0.05, 0.1) is 6.04 Å². The van der Waals surface area contributed by atoms with E-state index in [0.717, 1.165) is 17.7 Å². The maximum absolute atomic E-state index is 12.6. The molecule has 0 spiro atoms. The highest BCUT2D eigenvalue weighted by atomic mass is 35.5. The van der Waals surface area contributed by atoms with E-state index in [0.29, 0.717) is 10.6 Å². The molecule has 4 rings (SSSR count). The lowest BCUT2D eigenvalue weighted by molar-refractivity contribution is -0.114. The van der Waals surface area contributed by atoms with Crippen molar-refractivity contribution in [3.63, 3.8) is 0 Å². The Bertz CT molecular complexity index is 767. The average molecular weight is 296 g/mol. The average Bonchev–Trinajstić information content (AvgIpc) is 2.95. The predicted molar refractivity (Wildman–Crippen MR) is 84.8 cm³/mol. The fourth-order valence-electron chi connectivity index (χ4n) is 3.58. The van der Waals surface area contributed by atoms with Gasteiger partial charge >= 0.3 is 0 Å². The Morgan fingerprint density at radius 1 is 1.14 bits per heavy atom. The molecular weight excluding hydrogens is 282 g/mol. The van der Waals surface area contributed by atoms with E-state index in [1.165, 1.54) is 5.56 Å². The number of carbonyl (C=O) groups is 1. The number of rotatable bonds is 1. The quantitative estimate of drug-likeness (QED) is 0.730. The van der Waals surface area contributed by atoms with Crippen molar-refractivity contribution >= 4 is 23.2 Å². The van der Waals surface area contributed by atoms with Crippen LogP contribution in [-0.4, -0.2) is 11.9 Å². The fraction of sp³-hybridized carbons (Fsp3) is 0.167. The number of halogens is 1. The first-order valence-electron chi connectivity index (χ1n) is 7.02. The lowest BCUT2D eigenvalue weighted by atomic mass is 9.87. The molecule has 104 valence electrons. The second-order valence-corrected chi connectivity index (χ2v) is 6.07. The van der Waals surface area contributed by atoms with Crippen LogP contribution in [0.5, 0.6) is 0 Å². The number of anilines is 1. The molecule has 0 radical (unpaired) electrons. The minimum atomic E-state index is 0.0172. The molecule has 2 aromatic carbocycles. The summed E-state index contributed by atoms with van der Waals surface area (Å²) < 4.78 is 0. The fourth-order valence-corrected chi connectivity index (χ4v) is 3.78. The van der Waals surface area contributed by atoms with Crippen LogP contribution in [-0.2, 0) is 11.2 Å². The molecule has 0 aliphatic carbocycles. The van der Waals surface area contributed by atoms with Gasteiger partial charge in [-0.1, -0.05) is 48.5 Å². The summed E-state index contributed by atoms with van der Waals surface area (Å²) in [5.74, 6) is 0.0542. The molecular formula is C18H14ClNO. The van der Waals surface area contributed by atoms with Crippen molar-refractivity contribution < 1.29 is 4.79 Å². The van der Waals surface area contributed by atoms with Crippen LogP contribution in [0.2, 0.25) is 5.02 Å². The smallest absolute Gasteiger partial charge is 0.254 e. The Balaban J connectivity index is 1.82. The maximum atomic E-state index is 12.6. The topological polar surface area (TPSA) is 20.3 Å². The summed E-state index contributed by atoms with van der Waals surface area (Å²) in [5.41, 5.74) is 3.99. The first kappa shape index (κ1) is 12.7. The van der Waals surface area contributed by atoms with Crippen LogP contribution in [0.3, 0.4) is 0 Å². The van der Waals surface area contributed by atoms with Crippen molar-refractivity contribution in [2.75, 3.05) is 4.90 Å². The van der Waals surface area contributed by atoms with Crippen LogP contribution in [0.25, 0.3) is 0 Å². The summed E-state index contributed by atoms with van der Waals surface area (Å²) in [5, 5.41) is 0.696. The zero-order valence-electron chi connectivity index (χ0n) is 11.4. The molecule has 0 aromatic heterocycles. The summed E-state index contributed by atoms with van der Waals surface area (Å²) in [6.45, 7) is 4.04. The van der Waals surface area contributed by atoms with Gasteiger partial charge in [-0.05, 0) is 35.7 Å². The van der Waals surface area contributed by atoms with Crippen molar-refractivity contribution in [1.29, 1.82) is 0 Å². The number of para-hydroxylation sites is 1. The van der Waals surface area contributed by atoms with Crippen molar-refractivity contribution in [2.24, 2.45) is 0 Å². The third kappa shape index (κ3) is 1.76. The molecule has 2 nitrogen and oxygen atoms in total. The van der Waals surface area contributed by atoms with E-state index in [-0.39, 0.29) is 17.9 Å². The molecule has 2 aliphatic rings. The van der Waals surface area contributed by atoms with Gasteiger partial charge in [0.25, 0.3) is 5.91 Å². The second-order valence-electron chi connectivity index (χ2n) is 5.63. The lowest BCUT2D eigenvalue weighted by Gasteiger charge is -2.20. The van der Waals surface area contributed by atoms with Crippen molar-refractivity contribution in [1.82, 2.24) is 0 Å². The molecule has 0 saturated carbocycles. The Morgan fingerprint density at radius 2 is 1.95 bits per heavy atom. The summed E-state index contributed by atoms with van der Waals surface area (Å²) in [6, 6.07) is 16.0. The van der Waals surface area contributed by atoms with Gasteiger partial charge in [-0.3, -0.25) is 4.79 Å². The number of hydrogen-bond donors (Lipinski definition) is 0. The number of fused-ring (bicyclic) bond motifs is 3. The number of hydrogen-bond acceptors (Lipinski definition) is 1. The van der Waals surface area contributed by atoms with Crippen LogP contribution in [0, 0.1) is 0 Å². The summed E-state index contributed by atoms with van der Waals surface area (Å²) >= 11 is 6.11. The van der Waals surface area contributed by atoms with E-state index in [4.69, 9.17) is 11.6 Å². The van der Waals surface area contributed by atoms with Gasteiger partial charge in [0, 0.05) is 22.2 Å². The molecule has 2 aromatic rings. The number of amides is 1. The predicted octanol–water partition coefficient (Wildman–Crippen LogP) is 3.95. The number of nitrogens with zero attached hydrogens (tertiary/aromatic N) is 1. The number of benzene rings is 2. The summed E-state index contributed by atoms with van der Waals surface area (Å²) in [4.78, 5) is 14.5. The van der Waals surface area contributed by atoms with Crippen LogP contribution >= 0.6 is 11.6 Å². The van der Waals surface area contributed by atoms with Gasteiger partial charge in [-0.2, -0.15) is 0 Å². The van der Waals surface area contributed by atoms with Crippen LogP contribution in [0.15, 0.2) is 60.7 Å². The van der Waals surface area contributed by atoms with Crippen LogP contribution in [0.1, 0.15) is 17.0 Å². The first-order valence-corrected chi connectivity index (χ1v) is 7.40. The van der Waals surface area contributed by atoms with Crippen molar-refractivity contribution in [3.05, 3.63) is 76.8 Å².